The fourth-order valence-electron chi connectivity index (χ4n) is 4.59. The Balaban J connectivity index is 1.60. The van der Waals surface area contributed by atoms with Crippen LogP contribution in [-0.2, 0) is 17.9 Å². The number of allylic oxidation sites excluding steroid dienone is 1. The quantitative estimate of drug-likeness (QED) is 0.493. The number of ether oxygens (including phenoxy) is 2. The second-order valence-corrected chi connectivity index (χ2v) is 9.69. The van der Waals surface area contributed by atoms with Gasteiger partial charge in [-0.1, -0.05) is 48.6 Å². The first-order valence-corrected chi connectivity index (χ1v) is 13.2. The van der Waals surface area contributed by atoms with E-state index in [4.69, 9.17) is 9.47 Å². The fourth-order valence-corrected chi connectivity index (χ4v) is 4.59. The van der Waals surface area contributed by atoms with Crippen molar-refractivity contribution >= 4 is 17.7 Å². The molecule has 1 aromatic heterocycles. The molecule has 0 aliphatic carbocycles. The normalized spacial score (nSPS) is 16.8. The zero-order valence-electron chi connectivity index (χ0n) is 22.5. The van der Waals surface area contributed by atoms with Crippen LogP contribution in [0.4, 0.5) is 4.39 Å². The fraction of sp³-hybridized carbons (Fsp3) is 0.267. The Morgan fingerprint density at radius 3 is 2.61 bits per heavy atom. The van der Waals surface area contributed by atoms with Gasteiger partial charge in [0.15, 0.2) is 11.4 Å². The molecule has 1 N–H and O–H groups in total. The standard InChI is InChI=1S/C30H29FN4O6/c1-33-19-35-25(36)11-7-2-3-8-14-40-24-15-22(31)13-12-21(24)16-32-29(38)23-17-34(35)26(30(33)39)28(27(23)37)41-18-20-9-5-4-6-10-20/h2-6,9-10,12-13,15,17H,7-8,11,14,16,18-19H2,1H3,(H,32,38)/b3-2-. The van der Waals surface area contributed by atoms with Crippen LogP contribution in [0, 0.1) is 5.82 Å². The summed E-state index contributed by atoms with van der Waals surface area (Å²) in [5, 5.41) is 4.00. The number of carbonyl (C=O) groups excluding carboxylic acids is 3. The van der Waals surface area contributed by atoms with Gasteiger partial charge in [-0.25, -0.2) is 14.1 Å². The van der Waals surface area contributed by atoms with Crippen LogP contribution in [0.3, 0.4) is 0 Å². The summed E-state index contributed by atoms with van der Waals surface area (Å²) in [5.41, 5.74) is -0.00311. The lowest BCUT2D eigenvalue weighted by Crippen LogP contribution is -2.55. The minimum atomic E-state index is -0.794. The van der Waals surface area contributed by atoms with Crippen molar-refractivity contribution in [2.24, 2.45) is 0 Å². The van der Waals surface area contributed by atoms with Crippen LogP contribution in [0.25, 0.3) is 0 Å². The number of hydrogen-bond donors (Lipinski definition) is 1. The molecule has 212 valence electrons. The number of carbonyl (C=O) groups is 3. The molecule has 0 spiro atoms. The summed E-state index contributed by atoms with van der Waals surface area (Å²) in [7, 11) is 1.52. The molecule has 3 amide bonds. The first-order chi connectivity index (χ1) is 19.8. The summed E-state index contributed by atoms with van der Waals surface area (Å²) in [4.78, 5) is 55.0. The number of fused-ring (bicyclic) bond motifs is 2. The average molecular weight is 561 g/mol. The Hall–Kier alpha value is -4.93. The molecule has 0 radical (unpaired) electrons. The maximum Gasteiger partial charge on any atom is 0.277 e. The van der Waals surface area contributed by atoms with Gasteiger partial charge in [-0.05, 0) is 24.5 Å². The Morgan fingerprint density at radius 2 is 1.80 bits per heavy atom. The van der Waals surface area contributed by atoms with E-state index in [1.54, 1.807) is 12.1 Å². The van der Waals surface area contributed by atoms with E-state index in [1.165, 1.54) is 46.0 Å². The van der Waals surface area contributed by atoms with Gasteiger partial charge in [0.1, 0.15) is 30.4 Å². The summed E-state index contributed by atoms with van der Waals surface area (Å²) in [6.07, 6.45) is 5.97. The summed E-state index contributed by atoms with van der Waals surface area (Å²) >= 11 is 0. The van der Waals surface area contributed by atoms with Crippen LogP contribution >= 0.6 is 0 Å². The number of pyridine rings is 1. The van der Waals surface area contributed by atoms with Crippen molar-refractivity contribution in [1.29, 1.82) is 0 Å². The van der Waals surface area contributed by atoms with Crippen LogP contribution < -0.4 is 25.2 Å². The lowest BCUT2D eigenvalue weighted by atomic mass is 10.1. The lowest BCUT2D eigenvalue weighted by molar-refractivity contribution is -0.120. The van der Waals surface area contributed by atoms with E-state index in [-0.39, 0.29) is 61.5 Å². The molecule has 0 saturated carbocycles. The van der Waals surface area contributed by atoms with Gasteiger partial charge in [0.2, 0.25) is 11.3 Å². The molecule has 2 aliphatic rings. The summed E-state index contributed by atoms with van der Waals surface area (Å²) in [5.74, 6) is -2.15. The highest BCUT2D eigenvalue weighted by Crippen LogP contribution is 2.24. The Kier molecular flexibility index (Phi) is 8.14. The molecule has 11 heteroatoms. The minimum absolute atomic E-state index is 0.0415. The predicted octanol–water partition coefficient (Wildman–Crippen LogP) is 3.12. The third kappa shape index (κ3) is 5.98. The van der Waals surface area contributed by atoms with E-state index < -0.39 is 23.1 Å². The maximum absolute atomic E-state index is 13.9. The lowest BCUT2D eigenvalue weighted by Gasteiger charge is -2.37. The number of halogens is 1. The monoisotopic (exact) mass is 560 g/mol. The van der Waals surface area contributed by atoms with Gasteiger partial charge in [0.05, 0.1) is 6.61 Å². The number of hydrogen-bond acceptors (Lipinski definition) is 6. The topological polar surface area (TPSA) is 110 Å². The molecule has 10 nitrogen and oxygen atoms in total. The minimum Gasteiger partial charge on any atom is -0.493 e. The SMILES string of the molecule is CN1CN2C(=O)CC/C=C\CCOc3cc(F)ccc3CNC(=O)c3cn2c(c(OCc2ccccc2)c3=O)C1=O. The predicted molar refractivity (Wildman–Crippen MR) is 148 cm³/mol. The highest BCUT2D eigenvalue weighted by Gasteiger charge is 2.36. The Labute approximate surface area is 235 Å². The van der Waals surface area contributed by atoms with Gasteiger partial charge in [-0.3, -0.25) is 19.2 Å². The van der Waals surface area contributed by atoms with Gasteiger partial charge >= 0.3 is 0 Å². The van der Waals surface area contributed by atoms with E-state index in [2.05, 4.69) is 5.32 Å². The van der Waals surface area contributed by atoms with E-state index in [0.29, 0.717) is 18.4 Å². The van der Waals surface area contributed by atoms with Gasteiger partial charge in [-0.15, -0.1) is 0 Å². The number of rotatable bonds is 3. The van der Waals surface area contributed by atoms with Crippen molar-refractivity contribution in [3.63, 3.8) is 0 Å². The first kappa shape index (κ1) is 27.6. The highest BCUT2D eigenvalue weighted by atomic mass is 19.1. The van der Waals surface area contributed by atoms with Gasteiger partial charge in [-0.2, -0.15) is 0 Å². The van der Waals surface area contributed by atoms with Crippen molar-refractivity contribution in [2.75, 3.05) is 25.3 Å². The van der Waals surface area contributed by atoms with Crippen molar-refractivity contribution in [3.05, 3.63) is 105 Å². The molecule has 2 aromatic carbocycles. The number of nitrogens with one attached hydrogen (secondary N) is 1. The van der Waals surface area contributed by atoms with Crippen LogP contribution in [0.5, 0.6) is 11.5 Å². The van der Waals surface area contributed by atoms with E-state index in [0.717, 1.165) is 5.56 Å². The molecule has 5 rings (SSSR count). The molecule has 0 atom stereocenters. The largest absolute Gasteiger partial charge is 0.493 e. The maximum atomic E-state index is 13.9. The molecule has 41 heavy (non-hydrogen) atoms. The number of nitrogens with zero attached hydrogens (tertiary/aromatic N) is 3. The van der Waals surface area contributed by atoms with Crippen LogP contribution in [0.1, 0.15) is 51.2 Å². The second kappa shape index (κ2) is 12.1. The van der Waals surface area contributed by atoms with Crippen molar-refractivity contribution in [3.8, 4) is 11.5 Å². The molecule has 3 heterocycles. The highest BCUT2D eigenvalue weighted by molar-refractivity contribution is 6.01. The molecular weight excluding hydrogens is 531 g/mol. The first-order valence-electron chi connectivity index (χ1n) is 13.2. The van der Waals surface area contributed by atoms with Crippen LogP contribution in [-0.4, -0.2) is 47.6 Å². The van der Waals surface area contributed by atoms with Crippen LogP contribution in [0.15, 0.2) is 71.7 Å². The molecule has 2 aliphatic heterocycles. The summed E-state index contributed by atoms with van der Waals surface area (Å²) in [6, 6.07) is 13.0. The third-order valence-corrected chi connectivity index (χ3v) is 6.76. The van der Waals surface area contributed by atoms with Gasteiger partial charge < -0.3 is 19.7 Å². The number of aromatic nitrogens is 1. The van der Waals surface area contributed by atoms with Crippen molar-refractivity contribution in [1.82, 2.24) is 14.9 Å². The zero-order chi connectivity index (χ0) is 28.9. The average Bonchev–Trinajstić information content (AvgIpc) is 2.97. The number of benzene rings is 2. The van der Waals surface area contributed by atoms with E-state index in [1.807, 2.05) is 30.4 Å². The molecule has 0 unspecified atom stereocenters. The Morgan fingerprint density at radius 1 is 1.02 bits per heavy atom. The Bertz CT molecular complexity index is 1570. The molecule has 2 bridgehead atoms. The smallest absolute Gasteiger partial charge is 0.277 e. The third-order valence-electron chi connectivity index (χ3n) is 6.76. The van der Waals surface area contributed by atoms with Crippen LogP contribution in [0.2, 0.25) is 0 Å². The van der Waals surface area contributed by atoms with E-state index >= 15 is 0 Å². The molecular formula is C30H29FN4O6. The molecule has 3 aromatic rings. The molecule has 0 saturated heterocycles. The van der Waals surface area contributed by atoms with Gasteiger partial charge in [0.25, 0.3) is 11.8 Å². The van der Waals surface area contributed by atoms with Gasteiger partial charge in [0, 0.05) is 37.8 Å². The summed E-state index contributed by atoms with van der Waals surface area (Å²) < 4.78 is 26.8. The second-order valence-electron chi connectivity index (χ2n) is 9.69. The zero-order valence-corrected chi connectivity index (χ0v) is 22.5. The van der Waals surface area contributed by atoms with Crippen molar-refractivity contribution in [2.45, 2.75) is 32.4 Å². The van der Waals surface area contributed by atoms with E-state index in [9.17, 15) is 23.6 Å². The van der Waals surface area contributed by atoms with Crippen molar-refractivity contribution < 1.29 is 28.2 Å². The molecule has 0 fully saturated rings. The number of amides is 3. The summed E-state index contributed by atoms with van der Waals surface area (Å²) in [6.45, 7) is 0.0834.